The fourth-order valence-electron chi connectivity index (χ4n) is 1.04. The molecule has 1 unspecified atom stereocenters. The summed E-state index contributed by atoms with van der Waals surface area (Å²) in [4.78, 5) is 1.94. The minimum absolute atomic E-state index is 0.0572. The Kier molecular flexibility index (Phi) is 6.02. The second-order valence-electron chi connectivity index (χ2n) is 3.96. The third kappa shape index (κ3) is 5.83. The maximum absolute atomic E-state index is 11.5. The van der Waals surface area contributed by atoms with Gasteiger partial charge in [-0.3, -0.25) is 0 Å². The average molecular weight is 242 g/mol. The van der Waals surface area contributed by atoms with Crippen molar-refractivity contribution in [1.29, 1.82) is 0 Å². The fraction of sp³-hybridized carbons (Fsp3) is 1.00. The molecule has 14 heavy (non-hydrogen) atoms. The van der Waals surface area contributed by atoms with Gasteiger partial charge in [-0.15, -0.1) is 11.6 Å². The van der Waals surface area contributed by atoms with Crippen LogP contribution in [0.4, 0.5) is 0 Å². The summed E-state index contributed by atoms with van der Waals surface area (Å²) in [5.41, 5.74) is 0. The van der Waals surface area contributed by atoms with Gasteiger partial charge >= 0.3 is 0 Å². The molecule has 86 valence electrons. The van der Waals surface area contributed by atoms with Crippen LogP contribution in [0.2, 0.25) is 0 Å². The first-order chi connectivity index (χ1) is 6.25. The van der Waals surface area contributed by atoms with Gasteiger partial charge in [-0.05, 0) is 27.8 Å². The monoisotopic (exact) mass is 241 g/mol. The van der Waals surface area contributed by atoms with Crippen molar-refractivity contribution in [3.63, 3.8) is 0 Å². The van der Waals surface area contributed by atoms with Gasteiger partial charge in [-0.2, -0.15) is 0 Å². The number of hydrogen-bond donors (Lipinski definition) is 0. The Bertz CT molecular complexity index is 250. The van der Waals surface area contributed by atoms with Crippen molar-refractivity contribution in [2.45, 2.75) is 31.4 Å². The molecule has 0 aromatic carbocycles. The summed E-state index contributed by atoms with van der Waals surface area (Å²) in [6.45, 7) is 6.58. The van der Waals surface area contributed by atoms with Gasteiger partial charge in [0, 0.05) is 18.5 Å². The van der Waals surface area contributed by atoms with Crippen LogP contribution in [0, 0.1) is 0 Å². The van der Waals surface area contributed by atoms with E-state index in [1.165, 1.54) is 0 Å². The van der Waals surface area contributed by atoms with Crippen molar-refractivity contribution in [2.24, 2.45) is 0 Å². The number of nitrogens with zero attached hydrogens (tertiary/aromatic N) is 1. The zero-order chi connectivity index (χ0) is 11.4. The summed E-state index contributed by atoms with van der Waals surface area (Å²) >= 11 is 5.79. The van der Waals surface area contributed by atoms with Crippen LogP contribution < -0.4 is 0 Å². The van der Waals surface area contributed by atoms with Gasteiger partial charge in [-0.25, -0.2) is 8.42 Å². The normalized spacial score (nSPS) is 15.1. The lowest BCUT2D eigenvalue weighted by Crippen LogP contribution is -2.32. The second-order valence-corrected chi connectivity index (χ2v) is 7.38. The van der Waals surface area contributed by atoms with E-state index in [0.29, 0.717) is 6.54 Å². The Balaban J connectivity index is 3.95. The van der Waals surface area contributed by atoms with Crippen LogP contribution in [0.3, 0.4) is 0 Å². The van der Waals surface area contributed by atoms with E-state index in [4.69, 9.17) is 11.6 Å². The van der Waals surface area contributed by atoms with Gasteiger partial charge < -0.3 is 4.90 Å². The Hall–Kier alpha value is 0.200. The highest BCUT2D eigenvalue weighted by molar-refractivity contribution is 7.92. The van der Waals surface area contributed by atoms with Crippen LogP contribution in [0.5, 0.6) is 0 Å². The highest BCUT2D eigenvalue weighted by Crippen LogP contribution is 2.02. The largest absolute Gasteiger partial charge is 0.304 e. The van der Waals surface area contributed by atoms with E-state index >= 15 is 0 Å². The third-order valence-corrected chi connectivity index (χ3v) is 4.37. The standard InChI is InChI=1S/C9H20ClNO2S/c1-8(2)14(12,13)6-5-11(4)7-9(3)10/h8-9H,5-7H2,1-4H3. The molecule has 0 bridgehead atoms. The molecular weight excluding hydrogens is 222 g/mol. The predicted molar refractivity (Wildman–Crippen MR) is 61.7 cm³/mol. The zero-order valence-corrected chi connectivity index (χ0v) is 10.9. The molecule has 0 saturated heterocycles. The van der Waals surface area contributed by atoms with Gasteiger partial charge in [0.1, 0.15) is 0 Å². The third-order valence-electron chi connectivity index (χ3n) is 2.04. The van der Waals surface area contributed by atoms with Gasteiger partial charge in [0.2, 0.25) is 0 Å². The molecule has 0 aliphatic carbocycles. The van der Waals surface area contributed by atoms with Crippen LogP contribution in [0.15, 0.2) is 0 Å². The molecule has 0 heterocycles. The van der Waals surface area contributed by atoms with E-state index in [2.05, 4.69) is 0 Å². The molecule has 0 fully saturated rings. The Morgan fingerprint density at radius 1 is 1.29 bits per heavy atom. The number of alkyl halides is 1. The first kappa shape index (κ1) is 14.2. The van der Waals surface area contributed by atoms with Crippen molar-refractivity contribution in [3.05, 3.63) is 0 Å². The van der Waals surface area contributed by atoms with E-state index in [1.54, 1.807) is 13.8 Å². The van der Waals surface area contributed by atoms with Crippen LogP contribution in [0.25, 0.3) is 0 Å². The highest BCUT2D eigenvalue weighted by atomic mass is 35.5. The molecule has 5 heteroatoms. The van der Waals surface area contributed by atoms with Gasteiger partial charge in [0.15, 0.2) is 9.84 Å². The summed E-state index contributed by atoms with van der Waals surface area (Å²) in [5.74, 6) is 0.213. The molecule has 3 nitrogen and oxygen atoms in total. The quantitative estimate of drug-likeness (QED) is 0.660. The predicted octanol–water partition coefficient (Wildman–Crippen LogP) is 1.37. The molecule has 0 aliphatic rings. The molecule has 0 aromatic rings. The first-order valence-electron chi connectivity index (χ1n) is 4.80. The first-order valence-corrected chi connectivity index (χ1v) is 6.95. The lowest BCUT2D eigenvalue weighted by Gasteiger charge is -2.18. The number of sulfone groups is 1. The zero-order valence-electron chi connectivity index (χ0n) is 9.33. The summed E-state index contributed by atoms with van der Waals surface area (Å²) in [6.07, 6.45) is 0. The van der Waals surface area contributed by atoms with Crippen LogP contribution in [-0.2, 0) is 9.84 Å². The molecular formula is C9H20ClNO2S. The molecule has 0 rings (SSSR count). The summed E-state index contributed by atoms with van der Waals surface area (Å²) < 4.78 is 22.9. The van der Waals surface area contributed by atoms with E-state index in [9.17, 15) is 8.42 Å². The molecule has 1 atom stereocenters. The molecule has 0 amide bonds. The lowest BCUT2D eigenvalue weighted by atomic mass is 10.4. The van der Waals surface area contributed by atoms with Crippen LogP contribution >= 0.6 is 11.6 Å². The topological polar surface area (TPSA) is 37.4 Å². The minimum atomic E-state index is -2.91. The average Bonchev–Trinajstić information content (AvgIpc) is 1.99. The van der Waals surface area contributed by atoms with Crippen molar-refractivity contribution < 1.29 is 8.42 Å². The maximum Gasteiger partial charge on any atom is 0.153 e. The van der Waals surface area contributed by atoms with Crippen LogP contribution in [0.1, 0.15) is 20.8 Å². The lowest BCUT2D eigenvalue weighted by molar-refractivity contribution is 0.356. The Morgan fingerprint density at radius 3 is 2.14 bits per heavy atom. The second kappa shape index (κ2) is 5.93. The smallest absolute Gasteiger partial charge is 0.153 e. The Morgan fingerprint density at radius 2 is 1.79 bits per heavy atom. The van der Waals surface area contributed by atoms with Crippen molar-refractivity contribution in [3.8, 4) is 0 Å². The van der Waals surface area contributed by atoms with Gasteiger partial charge in [0.25, 0.3) is 0 Å². The molecule has 0 aromatic heterocycles. The van der Waals surface area contributed by atoms with E-state index in [1.807, 2.05) is 18.9 Å². The summed E-state index contributed by atoms with van der Waals surface area (Å²) in [7, 11) is -1.03. The number of hydrogen-bond acceptors (Lipinski definition) is 3. The van der Waals surface area contributed by atoms with Crippen molar-refractivity contribution >= 4 is 21.4 Å². The minimum Gasteiger partial charge on any atom is -0.304 e. The van der Waals surface area contributed by atoms with Gasteiger partial charge in [-0.1, -0.05) is 0 Å². The summed E-state index contributed by atoms with van der Waals surface area (Å²) in [6, 6.07) is 0. The fourth-order valence-corrected chi connectivity index (χ4v) is 2.31. The van der Waals surface area contributed by atoms with Crippen molar-refractivity contribution in [1.82, 2.24) is 4.90 Å². The number of halogens is 1. The maximum atomic E-state index is 11.5. The molecule has 0 spiro atoms. The van der Waals surface area contributed by atoms with E-state index in [0.717, 1.165) is 6.54 Å². The molecule has 0 N–H and O–H groups in total. The Labute approximate surface area is 92.3 Å². The molecule has 0 aliphatic heterocycles. The SMILES string of the molecule is CC(Cl)CN(C)CCS(=O)(=O)C(C)C. The van der Waals surface area contributed by atoms with Crippen LogP contribution in [-0.4, -0.2) is 49.8 Å². The molecule has 0 radical (unpaired) electrons. The highest BCUT2D eigenvalue weighted by Gasteiger charge is 2.16. The van der Waals surface area contributed by atoms with Gasteiger partial charge in [0.05, 0.1) is 11.0 Å². The van der Waals surface area contributed by atoms with E-state index in [-0.39, 0.29) is 16.4 Å². The van der Waals surface area contributed by atoms with Crippen molar-refractivity contribution in [2.75, 3.05) is 25.9 Å². The summed E-state index contributed by atoms with van der Waals surface area (Å²) in [5, 5.41) is -0.230. The molecule has 0 saturated carbocycles. The number of rotatable bonds is 6. The van der Waals surface area contributed by atoms with E-state index < -0.39 is 9.84 Å².